The highest BCUT2D eigenvalue weighted by Gasteiger charge is 2.21. The lowest BCUT2D eigenvalue weighted by atomic mass is 9.83. The van der Waals surface area contributed by atoms with E-state index in [1.165, 1.54) is 38.5 Å². The molecule has 0 radical (unpaired) electrons. The van der Waals surface area contributed by atoms with Crippen LogP contribution in [0.15, 0.2) is 4.99 Å². The van der Waals surface area contributed by atoms with E-state index in [2.05, 4.69) is 29.5 Å². The molecule has 1 aliphatic rings. The van der Waals surface area contributed by atoms with Crippen LogP contribution in [0.5, 0.6) is 0 Å². The second-order valence-corrected chi connectivity index (χ2v) is 6.16. The number of nitrogens with one attached hydrogen (secondary N) is 2. The molecule has 0 aliphatic heterocycles. The van der Waals surface area contributed by atoms with E-state index in [-0.39, 0.29) is 12.5 Å². The summed E-state index contributed by atoms with van der Waals surface area (Å²) in [6, 6.07) is 0.560. The second-order valence-electron chi connectivity index (χ2n) is 6.16. The molecule has 1 aliphatic carbocycles. The molecule has 0 aromatic rings. The topological polar surface area (TPSA) is 56.7 Å². The highest BCUT2D eigenvalue weighted by atomic mass is 16.3. The minimum Gasteiger partial charge on any atom is -0.396 e. The molecule has 0 aromatic carbocycles. The number of rotatable bonds is 7. The fourth-order valence-electron chi connectivity index (χ4n) is 2.82. The number of hydrogen-bond donors (Lipinski definition) is 3. The lowest BCUT2D eigenvalue weighted by Crippen LogP contribution is -2.45. The number of guanidine groups is 1. The number of nitrogens with zero attached hydrogens (tertiary/aromatic N) is 1. The first-order chi connectivity index (χ1) is 9.69. The van der Waals surface area contributed by atoms with Crippen molar-refractivity contribution < 1.29 is 5.11 Å². The maximum atomic E-state index is 9.07. The normalized spacial score (nSPS) is 25.3. The molecule has 1 atom stereocenters. The zero-order valence-corrected chi connectivity index (χ0v) is 13.5. The van der Waals surface area contributed by atoms with Gasteiger partial charge in [-0.25, -0.2) is 0 Å². The van der Waals surface area contributed by atoms with E-state index in [1.807, 2.05) is 6.92 Å². The molecule has 0 spiro atoms. The van der Waals surface area contributed by atoms with Crippen LogP contribution in [0.2, 0.25) is 0 Å². The molecule has 0 aromatic heterocycles. The van der Waals surface area contributed by atoms with Crippen molar-refractivity contribution in [2.45, 2.75) is 65.3 Å². The van der Waals surface area contributed by atoms with Gasteiger partial charge < -0.3 is 15.7 Å². The van der Waals surface area contributed by atoms with Gasteiger partial charge in [0.2, 0.25) is 0 Å². The van der Waals surface area contributed by atoms with Crippen molar-refractivity contribution in [3.63, 3.8) is 0 Å². The van der Waals surface area contributed by atoms with Gasteiger partial charge >= 0.3 is 0 Å². The minimum atomic E-state index is 0.199. The molecule has 4 heteroatoms. The average Bonchev–Trinajstić information content (AvgIpc) is 2.47. The Hall–Kier alpha value is -0.770. The van der Waals surface area contributed by atoms with Gasteiger partial charge in [0.05, 0.1) is 0 Å². The van der Waals surface area contributed by atoms with Gasteiger partial charge in [0, 0.05) is 25.7 Å². The first-order valence-electron chi connectivity index (χ1n) is 8.35. The Morgan fingerprint density at radius 1 is 1.25 bits per heavy atom. The van der Waals surface area contributed by atoms with Gasteiger partial charge in [-0.1, -0.05) is 26.7 Å². The Balaban J connectivity index is 2.38. The summed E-state index contributed by atoms with van der Waals surface area (Å²) in [4.78, 5) is 4.57. The van der Waals surface area contributed by atoms with Gasteiger partial charge in [-0.05, 0) is 44.4 Å². The third-order valence-electron chi connectivity index (χ3n) is 4.10. The van der Waals surface area contributed by atoms with E-state index in [4.69, 9.17) is 5.11 Å². The maximum absolute atomic E-state index is 9.07. The monoisotopic (exact) mass is 283 g/mol. The molecule has 0 saturated heterocycles. The van der Waals surface area contributed by atoms with Gasteiger partial charge in [-0.3, -0.25) is 4.99 Å². The SMILES string of the molecule is CCCC1CCC(NC(=NCC(C)CO)NCC)CC1. The fourth-order valence-corrected chi connectivity index (χ4v) is 2.82. The van der Waals surface area contributed by atoms with Gasteiger partial charge in [-0.15, -0.1) is 0 Å². The predicted molar refractivity (Wildman–Crippen MR) is 86.0 cm³/mol. The van der Waals surface area contributed by atoms with Crippen LogP contribution in [0, 0.1) is 11.8 Å². The molecular weight excluding hydrogens is 250 g/mol. The van der Waals surface area contributed by atoms with Crippen molar-refractivity contribution in [3.8, 4) is 0 Å². The summed E-state index contributed by atoms with van der Waals surface area (Å²) in [5.41, 5.74) is 0. The molecule has 1 unspecified atom stereocenters. The molecule has 1 saturated carbocycles. The third kappa shape index (κ3) is 6.60. The first kappa shape index (κ1) is 17.3. The van der Waals surface area contributed by atoms with E-state index >= 15 is 0 Å². The molecule has 1 rings (SSSR count). The van der Waals surface area contributed by atoms with Crippen LogP contribution in [0.25, 0.3) is 0 Å². The summed E-state index contributed by atoms with van der Waals surface area (Å²) in [5.74, 6) is 2.07. The molecule has 3 N–H and O–H groups in total. The Morgan fingerprint density at radius 2 is 1.95 bits per heavy atom. The van der Waals surface area contributed by atoms with Crippen LogP contribution in [-0.2, 0) is 0 Å². The summed E-state index contributed by atoms with van der Waals surface area (Å²) in [5, 5.41) is 15.9. The first-order valence-corrected chi connectivity index (χ1v) is 8.35. The molecule has 118 valence electrons. The van der Waals surface area contributed by atoms with Crippen molar-refractivity contribution in [1.29, 1.82) is 0 Å². The molecule has 0 heterocycles. The Labute approximate surface area is 124 Å². The van der Waals surface area contributed by atoms with E-state index in [9.17, 15) is 0 Å². The fraction of sp³-hybridized carbons (Fsp3) is 0.938. The quantitative estimate of drug-likeness (QED) is 0.497. The zero-order chi connectivity index (χ0) is 14.8. The van der Waals surface area contributed by atoms with Gasteiger partial charge in [0.15, 0.2) is 5.96 Å². The Morgan fingerprint density at radius 3 is 2.50 bits per heavy atom. The third-order valence-corrected chi connectivity index (χ3v) is 4.10. The lowest BCUT2D eigenvalue weighted by molar-refractivity contribution is 0.241. The second kappa shape index (κ2) is 10.0. The number of aliphatic hydroxyl groups is 1. The molecule has 0 amide bonds. The molecule has 4 nitrogen and oxygen atoms in total. The maximum Gasteiger partial charge on any atom is 0.191 e. The highest BCUT2D eigenvalue weighted by molar-refractivity contribution is 5.80. The number of aliphatic hydroxyl groups excluding tert-OH is 1. The standard InChI is InChI=1S/C16H33N3O/c1-4-6-14-7-9-15(10-8-14)19-16(17-5-2)18-11-13(3)12-20/h13-15,20H,4-12H2,1-3H3,(H2,17,18,19). The van der Waals surface area contributed by atoms with Gasteiger partial charge in [0.25, 0.3) is 0 Å². The summed E-state index contributed by atoms with van der Waals surface area (Å²) in [7, 11) is 0. The Bertz CT molecular complexity index is 273. The zero-order valence-electron chi connectivity index (χ0n) is 13.5. The van der Waals surface area contributed by atoms with E-state index in [0.717, 1.165) is 18.4 Å². The summed E-state index contributed by atoms with van der Waals surface area (Å²) >= 11 is 0. The summed E-state index contributed by atoms with van der Waals surface area (Å²) < 4.78 is 0. The van der Waals surface area contributed by atoms with Crippen LogP contribution in [-0.4, -0.2) is 36.8 Å². The molecule has 0 bridgehead atoms. The highest BCUT2D eigenvalue weighted by Crippen LogP contribution is 2.27. The summed E-state index contributed by atoms with van der Waals surface area (Å²) in [6.45, 7) is 8.14. The average molecular weight is 283 g/mol. The van der Waals surface area contributed by atoms with E-state index in [1.54, 1.807) is 0 Å². The smallest absolute Gasteiger partial charge is 0.191 e. The summed E-state index contributed by atoms with van der Waals surface area (Å²) in [6.07, 6.45) is 7.89. The molecule has 20 heavy (non-hydrogen) atoms. The minimum absolute atomic E-state index is 0.199. The van der Waals surface area contributed by atoms with Crippen LogP contribution in [0.3, 0.4) is 0 Å². The van der Waals surface area contributed by atoms with Crippen molar-refractivity contribution in [1.82, 2.24) is 10.6 Å². The van der Waals surface area contributed by atoms with Crippen LogP contribution >= 0.6 is 0 Å². The van der Waals surface area contributed by atoms with Gasteiger partial charge in [0.1, 0.15) is 0 Å². The van der Waals surface area contributed by atoms with Crippen molar-refractivity contribution in [2.24, 2.45) is 16.8 Å². The van der Waals surface area contributed by atoms with E-state index < -0.39 is 0 Å². The number of aliphatic imine (C=N–C) groups is 1. The molecular formula is C16H33N3O. The van der Waals surface area contributed by atoms with Crippen molar-refractivity contribution >= 4 is 5.96 Å². The van der Waals surface area contributed by atoms with Crippen LogP contribution in [0.4, 0.5) is 0 Å². The Kier molecular flexibility index (Phi) is 8.67. The van der Waals surface area contributed by atoms with E-state index in [0.29, 0.717) is 12.6 Å². The van der Waals surface area contributed by atoms with Crippen LogP contribution < -0.4 is 10.6 Å². The predicted octanol–water partition coefficient (Wildman–Crippen LogP) is 2.53. The van der Waals surface area contributed by atoms with Crippen molar-refractivity contribution in [2.75, 3.05) is 19.7 Å². The largest absolute Gasteiger partial charge is 0.396 e. The number of hydrogen-bond acceptors (Lipinski definition) is 2. The van der Waals surface area contributed by atoms with Gasteiger partial charge in [-0.2, -0.15) is 0 Å². The lowest BCUT2D eigenvalue weighted by Gasteiger charge is -2.30. The van der Waals surface area contributed by atoms with Crippen molar-refractivity contribution in [3.05, 3.63) is 0 Å². The van der Waals surface area contributed by atoms with Crippen LogP contribution in [0.1, 0.15) is 59.3 Å². The molecule has 1 fully saturated rings.